The molecule has 0 bridgehead atoms. The highest BCUT2D eigenvalue weighted by Gasteiger charge is 2.16. The van der Waals surface area contributed by atoms with Gasteiger partial charge in [0.25, 0.3) is 10.0 Å². The highest BCUT2D eigenvalue weighted by molar-refractivity contribution is 7.92. The molecule has 1 heterocycles. The summed E-state index contributed by atoms with van der Waals surface area (Å²) in [7, 11) is -3.64. The summed E-state index contributed by atoms with van der Waals surface area (Å²) in [5.74, 6) is 0. The topological polar surface area (TPSA) is 76.9 Å². The molecule has 3 aromatic rings. The summed E-state index contributed by atoms with van der Waals surface area (Å²) in [6.07, 6.45) is 5.01. The van der Waals surface area contributed by atoms with Gasteiger partial charge in [0.1, 0.15) is 12.7 Å². The predicted octanol–water partition coefficient (Wildman–Crippen LogP) is 3.08. The van der Waals surface area contributed by atoms with Crippen molar-refractivity contribution in [3.05, 3.63) is 72.3 Å². The van der Waals surface area contributed by atoms with Crippen LogP contribution < -0.4 is 4.72 Å². The fourth-order valence-corrected chi connectivity index (χ4v) is 3.68. The molecule has 7 heteroatoms. The fourth-order valence-electron chi connectivity index (χ4n) is 2.57. The molecule has 0 fully saturated rings. The van der Waals surface area contributed by atoms with Gasteiger partial charge in [-0.05, 0) is 35.7 Å². The van der Waals surface area contributed by atoms with Gasteiger partial charge in [-0.15, -0.1) is 0 Å². The molecule has 0 aliphatic rings. The van der Waals surface area contributed by atoms with Crippen LogP contribution in [0.1, 0.15) is 24.5 Å². The van der Waals surface area contributed by atoms with Crippen LogP contribution in [0.3, 0.4) is 0 Å². The summed E-state index contributed by atoms with van der Waals surface area (Å²) in [6.45, 7) is 2.53. The largest absolute Gasteiger partial charge is 0.279 e. The maximum Gasteiger partial charge on any atom is 0.261 e. The van der Waals surface area contributed by atoms with Crippen molar-refractivity contribution in [3.63, 3.8) is 0 Å². The van der Waals surface area contributed by atoms with Crippen molar-refractivity contribution in [2.75, 3.05) is 4.72 Å². The molecule has 3 rings (SSSR count). The molecule has 1 N–H and O–H groups in total. The second-order valence-electron chi connectivity index (χ2n) is 5.75. The molecule has 6 nitrogen and oxygen atoms in total. The lowest BCUT2D eigenvalue weighted by Gasteiger charge is -2.13. The number of nitrogens with one attached hydrogen (secondary N) is 1. The van der Waals surface area contributed by atoms with Crippen molar-refractivity contribution in [3.8, 4) is 0 Å². The summed E-state index contributed by atoms with van der Waals surface area (Å²) in [6, 6.07) is 14.3. The van der Waals surface area contributed by atoms with Gasteiger partial charge < -0.3 is 0 Å². The van der Waals surface area contributed by atoms with Crippen molar-refractivity contribution in [1.29, 1.82) is 0 Å². The first-order chi connectivity index (χ1) is 12.1. The predicted molar refractivity (Wildman–Crippen MR) is 96.8 cm³/mol. The van der Waals surface area contributed by atoms with E-state index in [1.54, 1.807) is 35.3 Å². The van der Waals surface area contributed by atoms with Crippen LogP contribution in [0, 0.1) is 0 Å². The number of para-hydroxylation sites is 1. The van der Waals surface area contributed by atoms with Crippen LogP contribution in [-0.2, 0) is 23.0 Å². The van der Waals surface area contributed by atoms with Crippen LogP contribution in [0.5, 0.6) is 0 Å². The highest BCUT2D eigenvalue weighted by Crippen LogP contribution is 2.21. The van der Waals surface area contributed by atoms with Gasteiger partial charge in [-0.25, -0.2) is 18.1 Å². The number of sulfonamides is 1. The smallest absolute Gasteiger partial charge is 0.261 e. The number of benzene rings is 2. The van der Waals surface area contributed by atoms with Gasteiger partial charge in [0.15, 0.2) is 0 Å². The van der Waals surface area contributed by atoms with Crippen LogP contribution in [0.2, 0.25) is 0 Å². The van der Waals surface area contributed by atoms with Crippen LogP contribution in [0.4, 0.5) is 5.69 Å². The number of hydrogen-bond donors (Lipinski definition) is 1. The molecule has 0 unspecified atom stereocenters. The molecule has 0 saturated heterocycles. The van der Waals surface area contributed by atoms with Gasteiger partial charge in [-0.1, -0.05) is 43.7 Å². The van der Waals surface area contributed by atoms with E-state index in [9.17, 15) is 8.42 Å². The van der Waals surface area contributed by atoms with E-state index < -0.39 is 10.0 Å². The summed E-state index contributed by atoms with van der Waals surface area (Å²) >= 11 is 0. The zero-order valence-electron chi connectivity index (χ0n) is 14.0. The number of anilines is 1. The first-order valence-electron chi connectivity index (χ1n) is 8.10. The van der Waals surface area contributed by atoms with Crippen molar-refractivity contribution in [1.82, 2.24) is 14.8 Å². The summed E-state index contributed by atoms with van der Waals surface area (Å²) in [4.78, 5) is 4.16. The highest BCUT2D eigenvalue weighted by atomic mass is 32.2. The molecule has 0 amide bonds. The Kier molecular flexibility index (Phi) is 5.14. The van der Waals surface area contributed by atoms with Gasteiger partial charge in [-0.3, -0.25) is 4.72 Å². The molecule has 130 valence electrons. The zero-order chi connectivity index (χ0) is 17.7. The molecular weight excluding hydrogens is 336 g/mol. The minimum absolute atomic E-state index is 0.253. The Labute approximate surface area is 147 Å². The zero-order valence-corrected chi connectivity index (χ0v) is 14.8. The Hall–Kier alpha value is -2.67. The standard InChI is InChI=1S/C18H20N4O2S/c1-2-5-15-8-10-17(11-9-15)25(23,24)21-18-7-4-3-6-16(18)12-22-14-19-13-20-22/h3-4,6-11,13-14,21H,2,5,12H2,1H3. The third-order valence-corrected chi connectivity index (χ3v) is 5.21. The monoisotopic (exact) mass is 356 g/mol. The van der Waals surface area contributed by atoms with Gasteiger partial charge >= 0.3 is 0 Å². The van der Waals surface area contributed by atoms with E-state index >= 15 is 0 Å². The fraction of sp³-hybridized carbons (Fsp3) is 0.222. The maximum absolute atomic E-state index is 12.7. The first kappa shape index (κ1) is 17.2. The first-order valence-corrected chi connectivity index (χ1v) is 9.59. The van der Waals surface area contributed by atoms with Crippen molar-refractivity contribution in [2.45, 2.75) is 31.2 Å². The Morgan fingerprint density at radius 3 is 2.52 bits per heavy atom. The second-order valence-corrected chi connectivity index (χ2v) is 7.43. The maximum atomic E-state index is 12.7. The summed E-state index contributed by atoms with van der Waals surface area (Å²) in [5, 5.41) is 4.06. The average molecular weight is 356 g/mol. The molecule has 0 atom stereocenters. The van der Waals surface area contributed by atoms with Crippen molar-refractivity contribution in [2.24, 2.45) is 0 Å². The van der Waals surface area contributed by atoms with Crippen LogP contribution >= 0.6 is 0 Å². The molecule has 0 aliphatic heterocycles. The van der Waals surface area contributed by atoms with E-state index in [0.717, 1.165) is 24.0 Å². The molecule has 0 radical (unpaired) electrons. The number of rotatable bonds is 7. The third-order valence-electron chi connectivity index (χ3n) is 3.83. The molecule has 0 aliphatic carbocycles. The molecule has 1 aromatic heterocycles. The molecule has 25 heavy (non-hydrogen) atoms. The molecule has 0 saturated carbocycles. The van der Waals surface area contributed by atoms with Gasteiger partial charge in [0, 0.05) is 0 Å². The number of aromatic nitrogens is 3. The van der Waals surface area contributed by atoms with Crippen molar-refractivity contribution < 1.29 is 8.42 Å². The van der Waals surface area contributed by atoms with E-state index in [0.29, 0.717) is 12.2 Å². The van der Waals surface area contributed by atoms with Crippen LogP contribution in [-0.4, -0.2) is 23.2 Å². The second kappa shape index (κ2) is 7.48. The van der Waals surface area contributed by atoms with Gasteiger partial charge in [-0.2, -0.15) is 5.10 Å². The number of aryl methyl sites for hydroxylation is 1. The average Bonchev–Trinajstić information content (AvgIpc) is 3.10. The number of nitrogens with zero attached hydrogens (tertiary/aromatic N) is 3. The molecule has 0 spiro atoms. The minimum Gasteiger partial charge on any atom is -0.279 e. The Morgan fingerprint density at radius 2 is 1.84 bits per heavy atom. The van der Waals surface area contributed by atoms with Gasteiger partial charge in [0.05, 0.1) is 17.1 Å². The van der Waals surface area contributed by atoms with E-state index in [1.807, 2.05) is 24.3 Å². The molecule has 2 aromatic carbocycles. The SMILES string of the molecule is CCCc1ccc(S(=O)(=O)Nc2ccccc2Cn2cncn2)cc1. The van der Waals surface area contributed by atoms with E-state index in [1.165, 1.54) is 6.33 Å². The quantitative estimate of drug-likeness (QED) is 0.706. The van der Waals surface area contributed by atoms with Crippen molar-refractivity contribution >= 4 is 15.7 Å². The normalized spacial score (nSPS) is 11.4. The minimum atomic E-state index is -3.64. The molecular formula is C18H20N4O2S. The van der Waals surface area contributed by atoms with Gasteiger partial charge in [0.2, 0.25) is 0 Å². The van der Waals surface area contributed by atoms with E-state index in [-0.39, 0.29) is 4.90 Å². The van der Waals surface area contributed by atoms with E-state index in [4.69, 9.17) is 0 Å². The Balaban J connectivity index is 1.83. The van der Waals surface area contributed by atoms with Crippen LogP contribution in [0.25, 0.3) is 0 Å². The number of hydrogen-bond acceptors (Lipinski definition) is 4. The Bertz CT molecular complexity index is 920. The summed E-state index contributed by atoms with van der Waals surface area (Å²) in [5.41, 5.74) is 2.49. The lowest BCUT2D eigenvalue weighted by molar-refractivity contribution is 0.601. The van der Waals surface area contributed by atoms with E-state index in [2.05, 4.69) is 21.7 Å². The summed E-state index contributed by atoms with van der Waals surface area (Å²) < 4.78 is 29.7. The lowest BCUT2D eigenvalue weighted by atomic mass is 10.1. The third kappa shape index (κ3) is 4.24. The van der Waals surface area contributed by atoms with Crippen LogP contribution in [0.15, 0.2) is 66.1 Å². The lowest BCUT2D eigenvalue weighted by Crippen LogP contribution is -2.15. The Morgan fingerprint density at radius 1 is 1.08 bits per heavy atom.